The number of aromatic nitrogens is 4. The maximum Gasteiger partial charge on any atom is 0.396 e. The Kier molecular flexibility index (Phi) is 2.91. The summed E-state index contributed by atoms with van der Waals surface area (Å²) in [4.78, 5) is 31.2. The molecule has 17 heavy (non-hydrogen) atoms. The SMILES string of the molecule is Cn1cnc([N+](=O)[O-])c1Sc1nccc(=O)[nH]1. The molecule has 2 aromatic heterocycles. The van der Waals surface area contributed by atoms with Crippen LogP contribution in [-0.2, 0) is 7.05 Å². The number of rotatable bonds is 3. The van der Waals surface area contributed by atoms with E-state index in [1.165, 1.54) is 23.2 Å². The van der Waals surface area contributed by atoms with Gasteiger partial charge in [0.1, 0.15) is 0 Å². The van der Waals surface area contributed by atoms with E-state index in [-0.39, 0.29) is 16.5 Å². The van der Waals surface area contributed by atoms with E-state index in [0.29, 0.717) is 5.03 Å². The van der Waals surface area contributed by atoms with Crippen molar-refractivity contribution in [3.05, 3.63) is 39.1 Å². The maximum absolute atomic E-state index is 11.1. The van der Waals surface area contributed by atoms with E-state index in [0.717, 1.165) is 11.8 Å². The quantitative estimate of drug-likeness (QED) is 0.486. The normalized spacial score (nSPS) is 10.4. The van der Waals surface area contributed by atoms with Gasteiger partial charge in [0.2, 0.25) is 6.33 Å². The highest BCUT2D eigenvalue weighted by molar-refractivity contribution is 7.99. The van der Waals surface area contributed by atoms with Crippen LogP contribution in [0.4, 0.5) is 5.82 Å². The van der Waals surface area contributed by atoms with Crippen molar-refractivity contribution in [3.63, 3.8) is 0 Å². The van der Waals surface area contributed by atoms with Crippen molar-refractivity contribution in [3.8, 4) is 0 Å². The van der Waals surface area contributed by atoms with Crippen LogP contribution in [0, 0.1) is 10.1 Å². The molecule has 0 unspecified atom stereocenters. The Bertz CT molecular complexity index is 620. The molecule has 0 aliphatic carbocycles. The van der Waals surface area contributed by atoms with Crippen LogP contribution in [0.3, 0.4) is 0 Å². The van der Waals surface area contributed by atoms with Crippen LogP contribution < -0.4 is 5.56 Å². The van der Waals surface area contributed by atoms with Gasteiger partial charge in [-0.15, -0.1) is 0 Å². The number of H-pyrrole nitrogens is 1. The average Bonchev–Trinajstić information content (AvgIpc) is 2.61. The fourth-order valence-electron chi connectivity index (χ4n) is 1.14. The first-order valence-corrected chi connectivity index (χ1v) is 5.28. The average molecular weight is 253 g/mol. The molecule has 0 fully saturated rings. The second kappa shape index (κ2) is 4.37. The molecule has 2 heterocycles. The van der Waals surface area contributed by atoms with Crippen LogP contribution in [0.15, 0.2) is 33.6 Å². The molecule has 9 heteroatoms. The van der Waals surface area contributed by atoms with Gasteiger partial charge in [0.15, 0.2) is 10.2 Å². The van der Waals surface area contributed by atoms with Gasteiger partial charge in [0.05, 0.1) is 0 Å². The highest BCUT2D eigenvalue weighted by Gasteiger charge is 2.21. The lowest BCUT2D eigenvalue weighted by molar-refractivity contribution is -0.392. The standard InChI is InChI=1S/C8H7N5O3S/c1-12-4-10-6(13(15)16)7(12)17-8-9-3-2-5(14)11-8/h2-4H,1H3,(H,9,11,14). The van der Waals surface area contributed by atoms with Gasteiger partial charge < -0.3 is 19.7 Å². The number of aryl methyl sites for hydroxylation is 1. The summed E-state index contributed by atoms with van der Waals surface area (Å²) in [6.07, 6.45) is 2.67. The number of nitrogens with zero attached hydrogens (tertiary/aromatic N) is 4. The fraction of sp³-hybridized carbons (Fsp3) is 0.125. The third-order valence-electron chi connectivity index (χ3n) is 1.88. The molecule has 0 aliphatic rings. The highest BCUT2D eigenvalue weighted by atomic mass is 32.2. The Labute approximate surface area is 98.9 Å². The summed E-state index contributed by atoms with van der Waals surface area (Å²) in [5, 5.41) is 11.3. The van der Waals surface area contributed by atoms with E-state index in [4.69, 9.17) is 0 Å². The van der Waals surface area contributed by atoms with Gasteiger partial charge in [-0.1, -0.05) is 0 Å². The Morgan fingerprint density at radius 2 is 2.29 bits per heavy atom. The highest BCUT2D eigenvalue weighted by Crippen LogP contribution is 2.30. The second-order valence-electron chi connectivity index (χ2n) is 3.08. The fourth-order valence-corrected chi connectivity index (χ4v) is 2.00. The van der Waals surface area contributed by atoms with E-state index in [9.17, 15) is 14.9 Å². The topological polar surface area (TPSA) is 107 Å². The van der Waals surface area contributed by atoms with Crippen molar-refractivity contribution in [2.75, 3.05) is 0 Å². The van der Waals surface area contributed by atoms with E-state index in [1.54, 1.807) is 7.05 Å². The van der Waals surface area contributed by atoms with Crippen molar-refractivity contribution in [2.24, 2.45) is 7.05 Å². The molecular formula is C8H7N5O3S. The van der Waals surface area contributed by atoms with Gasteiger partial charge in [0.25, 0.3) is 5.56 Å². The minimum Gasteiger partial charge on any atom is -0.358 e. The van der Waals surface area contributed by atoms with E-state index in [1.807, 2.05) is 0 Å². The summed E-state index contributed by atoms with van der Waals surface area (Å²) >= 11 is 0.982. The van der Waals surface area contributed by atoms with Gasteiger partial charge in [-0.25, -0.2) is 4.98 Å². The molecule has 0 aliphatic heterocycles. The molecule has 88 valence electrons. The number of aromatic amines is 1. The van der Waals surface area contributed by atoms with Crippen LogP contribution >= 0.6 is 11.8 Å². The van der Waals surface area contributed by atoms with Gasteiger partial charge in [0, 0.05) is 19.3 Å². The molecule has 0 saturated heterocycles. The van der Waals surface area contributed by atoms with Crippen molar-refractivity contribution in [1.82, 2.24) is 19.5 Å². The first kappa shape index (κ1) is 11.3. The summed E-state index contributed by atoms with van der Waals surface area (Å²) < 4.78 is 1.50. The molecule has 0 aromatic carbocycles. The Balaban J connectivity index is 2.39. The molecule has 0 amide bonds. The number of hydrogen-bond donors (Lipinski definition) is 1. The zero-order chi connectivity index (χ0) is 12.4. The zero-order valence-corrected chi connectivity index (χ0v) is 9.47. The Morgan fingerprint density at radius 3 is 2.94 bits per heavy atom. The molecule has 0 saturated carbocycles. The lowest BCUT2D eigenvalue weighted by Crippen LogP contribution is -2.05. The van der Waals surface area contributed by atoms with E-state index < -0.39 is 4.92 Å². The van der Waals surface area contributed by atoms with Crippen LogP contribution in [0.25, 0.3) is 0 Å². The molecule has 2 rings (SSSR count). The number of imidazole rings is 1. The maximum atomic E-state index is 11.1. The first-order chi connectivity index (χ1) is 8.08. The first-order valence-electron chi connectivity index (χ1n) is 4.47. The predicted octanol–water partition coefficient (Wildman–Crippen LogP) is 0.563. The molecule has 8 nitrogen and oxygen atoms in total. The third-order valence-corrected chi connectivity index (χ3v) is 2.94. The van der Waals surface area contributed by atoms with Crippen LogP contribution in [-0.4, -0.2) is 24.4 Å². The van der Waals surface area contributed by atoms with Crippen molar-refractivity contribution >= 4 is 17.6 Å². The third kappa shape index (κ3) is 2.33. The molecule has 0 spiro atoms. The van der Waals surface area contributed by atoms with Gasteiger partial charge in [-0.2, -0.15) is 0 Å². The minimum absolute atomic E-state index is 0.260. The molecule has 2 aromatic rings. The summed E-state index contributed by atoms with van der Waals surface area (Å²) in [6, 6.07) is 1.27. The monoisotopic (exact) mass is 253 g/mol. The molecule has 0 radical (unpaired) electrons. The molecule has 1 N–H and O–H groups in total. The molecular weight excluding hydrogens is 246 g/mol. The van der Waals surface area contributed by atoms with Gasteiger partial charge in [-0.3, -0.25) is 4.79 Å². The van der Waals surface area contributed by atoms with Crippen LogP contribution in [0.5, 0.6) is 0 Å². The Morgan fingerprint density at radius 1 is 1.53 bits per heavy atom. The molecule has 0 atom stereocenters. The minimum atomic E-state index is -0.580. The van der Waals surface area contributed by atoms with E-state index in [2.05, 4.69) is 15.0 Å². The summed E-state index contributed by atoms with van der Waals surface area (Å²) in [5.74, 6) is -0.260. The summed E-state index contributed by atoms with van der Waals surface area (Å²) in [6.45, 7) is 0. The number of nitrogens with one attached hydrogen (secondary N) is 1. The van der Waals surface area contributed by atoms with Gasteiger partial charge in [-0.05, 0) is 21.7 Å². The van der Waals surface area contributed by atoms with Gasteiger partial charge >= 0.3 is 5.82 Å². The van der Waals surface area contributed by atoms with Crippen LogP contribution in [0.2, 0.25) is 0 Å². The number of hydrogen-bond acceptors (Lipinski definition) is 6. The lowest BCUT2D eigenvalue weighted by Gasteiger charge is -2.00. The van der Waals surface area contributed by atoms with Crippen molar-refractivity contribution in [1.29, 1.82) is 0 Å². The number of nitro groups is 1. The zero-order valence-electron chi connectivity index (χ0n) is 8.65. The predicted molar refractivity (Wildman–Crippen MR) is 58.8 cm³/mol. The lowest BCUT2D eigenvalue weighted by atomic mass is 10.7. The van der Waals surface area contributed by atoms with E-state index >= 15 is 0 Å². The molecule has 0 bridgehead atoms. The van der Waals surface area contributed by atoms with Crippen molar-refractivity contribution < 1.29 is 4.92 Å². The van der Waals surface area contributed by atoms with Crippen LogP contribution in [0.1, 0.15) is 0 Å². The summed E-state index contributed by atoms with van der Waals surface area (Å²) in [5.41, 5.74) is -0.313. The smallest absolute Gasteiger partial charge is 0.358 e. The second-order valence-corrected chi connectivity index (χ2v) is 4.06. The largest absolute Gasteiger partial charge is 0.396 e. The Hall–Kier alpha value is -2.16. The van der Waals surface area contributed by atoms with Crippen molar-refractivity contribution in [2.45, 2.75) is 10.2 Å². The summed E-state index contributed by atoms with van der Waals surface area (Å²) in [7, 11) is 1.63.